The first kappa shape index (κ1) is 22.4. The molecule has 4 aliphatic rings. The summed E-state index contributed by atoms with van der Waals surface area (Å²) in [6.07, 6.45) is 3.67. The first-order chi connectivity index (χ1) is 17.4. The normalized spacial score (nSPS) is 26.9. The predicted octanol–water partition coefficient (Wildman–Crippen LogP) is 0.0519. The third-order valence-corrected chi connectivity index (χ3v) is 7.81. The van der Waals surface area contributed by atoms with Crippen LogP contribution in [0.15, 0.2) is 24.4 Å². The summed E-state index contributed by atoms with van der Waals surface area (Å²) in [5.74, 6) is -1.80. The van der Waals surface area contributed by atoms with Gasteiger partial charge in [0.2, 0.25) is 11.8 Å². The molecule has 186 valence electrons. The number of hydrogen-bond acceptors (Lipinski definition) is 8. The Kier molecular flexibility index (Phi) is 5.13. The quantitative estimate of drug-likeness (QED) is 0.466. The molecule has 4 amide bonds. The minimum atomic E-state index is -0.689. The molecule has 12 nitrogen and oxygen atoms in total. The second-order valence-corrected chi connectivity index (χ2v) is 9.70. The Morgan fingerprint density at radius 3 is 2.75 bits per heavy atom. The lowest BCUT2D eigenvalue weighted by Crippen LogP contribution is -2.52. The van der Waals surface area contributed by atoms with Crippen LogP contribution >= 0.6 is 0 Å². The number of hydrogen-bond donors (Lipinski definition) is 1. The second kappa shape index (κ2) is 8.25. The van der Waals surface area contributed by atoms with Crippen molar-refractivity contribution in [1.82, 2.24) is 30.1 Å². The zero-order valence-corrected chi connectivity index (χ0v) is 19.5. The molecule has 2 saturated heterocycles. The van der Waals surface area contributed by atoms with E-state index >= 15 is 0 Å². The maximum atomic E-state index is 13.2. The summed E-state index contributed by atoms with van der Waals surface area (Å²) in [7, 11) is 1.37. The van der Waals surface area contributed by atoms with Crippen LogP contribution in [0.3, 0.4) is 0 Å². The highest BCUT2D eigenvalue weighted by Gasteiger charge is 2.53. The van der Waals surface area contributed by atoms with Crippen LogP contribution in [0.25, 0.3) is 5.69 Å². The minimum Gasteiger partial charge on any atom is -0.469 e. The molecule has 1 saturated carbocycles. The number of likely N-dealkylation sites (tertiary alicyclic amines) is 1. The molecular formula is C24H24N6O6. The van der Waals surface area contributed by atoms with Crippen molar-refractivity contribution in [1.29, 1.82) is 0 Å². The third-order valence-electron chi connectivity index (χ3n) is 7.81. The fourth-order valence-corrected chi connectivity index (χ4v) is 6.06. The van der Waals surface area contributed by atoms with Gasteiger partial charge in [-0.15, -0.1) is 5.10 Å². The molecule has 2 aromatic rings. The molecule has 1 N–H and O–H groups in total. The van der Waals surface area contributed by atoms with Gasteiger partial charge in [-0.05, 0) is 48.9 Å². The van der Waals surface area contributed by atoms with Gasteiger partial charge < -0.3 is 14.5 Å². The third kappa shape index (κ3) is 3.39. The number of esters is 1. The van der Waals surface area contributed by atoms with Crippen molar-refractivity contribution in [3.05, 3.63) is 41.2 Å². The molecule has 4 heterocycles. The molecule has 1 aromatic carbocycles. The zero-order valence-electron chi connectivity index (χ0n) is 19.5. The van der Waals surface area contributed by atoms with Gasteiger partial charge in [-0.3, -0.25) is 29.3 Å². The van der Waals surface area contributed by atoms with Crippen molar-refractivity contribution >= 4 is 29.6 Å². The maximum absolute atomic E-state index is 13.2. The standard InChI is InChI=1S/C24H24N6O6/c1-36-24(35)20-12-2-5-17(20)28(9-12)23(34)16-11-30(27-26-16)14-3-4-15-13(8-14)10-29(22(15)33)18-6-7-19(31)25-21(18)32/h3-4,8,11-12,17-18,20H,2,5-7,9-10H2,1H3,(H,25,31,32)/t12-,17-,18?,20-/m1/s1. The van der Waals surface area contributed by atoms with E-state index in [0.717, 1.165) is 18.4 Å². The van der Waals surface area contributed by atoms with E-state index in [2.05, 4.69) is 15.6 Å². The van der Waals surface area contributed by atoms with Crippen LogP contribution < -0.4 is 5.32 Å². The van der Waals surface area contributed by atoms with Crippen LogP contribution in [0.4, 0.5) is 0 Å². The SMILES string of the molecule is COC(=O)[C@@H]1[C@@H]2CC[C@H]1N(C(=O)c1cn(-c3ccc4c(c3)CN(C3CCC(=O)NC3=O)C4=O)nn1)C2. The molecule has 1 aliphatic carbocycles. The van der Waals surface area contributed by atoms with Crippen molar-refractivity contribution in [2.75, 3.05) is 13.7 Å². The van der Waals surface area contributed by atoms with E-state index in [1.54, 1.807) is 23.1 Å². The number of nitrogens with one attached hydrogen (secondary N) is 1. The number of piperidine rings is 2. The number of ether oxygens (including phenoxy) is 1. The largest absolute Gasteiger partial charge is 0.469 e. The molecular weight excluding hydrogens is 468 g/mol. The van der Waals surface area contributed by atoms with Gasteiger partial charge in [-0.1, -0.05) is 5.21 Å². The number of benzene rings is 1. The van der Waals surface area contributed by atoms with Crippen LogP contribution in [0, 0.1) is 11.8 Å². The summed E-state index contributed by atoms with van der Waals surface area (Å²) in [5, 5.41) is 10.5. The van der Waals surface area contributed by atoms with Gasteiger partial charge in [0.25, 0.3) is 11.8 Å². The van der Waals surface area contributed by atoms with Gasteiger partial charge in [0.1, 0.15) is 6.04 Å². The number of nitrogens with zero attached hydrogens (tertiary/aromatic N) is 5. The van der Waals surface area contributed by atoms with E-state index in [4.69, 9.17) is 4.74 Å². The molecule has 0 spiro atoms. The van der Waals surface area contributed by atoms with Crippen LogP contribution in [0.1, 0.15) is 52.1 Å². The molecule has 1 unspecified atom stereocenters. The molecule has 4 atom stereocenters. The van der Waals surface area contributed by atoms with Gasteiger partial charge in [0.05, 0.1) is 24.9 Å². The number of amides is 4. The Bertz CT molecular complexity index is 1320. The monoisotopic (exact) mass is 492 g/mol. The summed E-state index contributed by atoms with van der Waals surface area (Å²) < 4.78 is 6.41. The highest BCUT2D eigenvalue weighted by atomic mass is 16.5. The van der Waals surface area contributed by atoms with Gasteiger partial charge in [-0.25, -0.2) is 4.68 Å². The second-order valence-electron chi connectivity index (χ2n) is 9.70. The number of fused-ring (bicyclic) bond motifs is 3. The fourth-order valence-electron chi connectivity index (χ4n) is 6.06. The molecule has 12 heteroatoms. The lowest BCUT2D eigenvalue weighted by Gasteiger charge is -2.29. The number of methoxy groups -OCH3 is 1. The van der Waals surface area contributed by atoms with Crippen LogP contribution in [-0.4, -0.2) is 80.1 Å². The van der Waals surface area contributed by atoms with Crippen molar-refractivity contribution in [2.24, 2.45) is 11.8 Å². The Morgan fingerprint density at radius 2 is 1.97 bits per heavy atom. The van der Waals surface area contributed by atoms with Gasteiger partial charge in [0, 0.05) is 31.1 Å². The van der Waals surface area contributed by atoms with Crippen molar-refractivity contribution in [2.45, 2.75) is 44.3 Å². The summed E-state index contributed by atoms with van der Waals surface area (Å²) in [6.45, 7) is 0.730. The van der Waals surface area contributed by atoms with Gasteiger partial charge >= 0.3 is 5.97 Å². The van der Waals surface area contributed by atoms with Crippen molar-refractivity contribution in [3.8, 4) is 5.69 Å². The fraction of sp³-hybridized carbons (Fsp3) is 0.458. The first-order valence-electron chi connectivity index (χ1n) is 11.9. The number of carbonyl (C=O) groups excluding carboxylic acids is 5. The topological polar surface area (TPSA) is 144 Å². The van der Waals surface area contributed by atoms with E-state index in [1.807, 2.05) is 0 Å². The molecule has 2 bridgehead atoms. The van der Waals surface area contributed by atoms with E-state index in [9.17, 15) is 24.0 Å². The minimum absolute atomic E-state index is 0.100. The predicted molar refractivity (Wildman–Crippen MR) is 120 cm³/mol. The highest BCUT2D eigenvalue weighted by molar-refractivity contribution is 6.05. The summed E-state index contributed by atoms with van der Waals surface area (Å²) in [4.78, 5) is 65.2. The molecule has 1 aromatic heterocycles. The van der Waals surface area contributed by atoms with Crippen molar-refractivity contribution in [3.63, 3.8) is 0 Å². The lowest BCUT2D eigenvalue weighted by molar-refractivity contribution is -0.146. The average molecular weight is 492 g/mol. The number of carbonyl (C=O) groups is 5. The Hall–Kier alpha value is -4.09. The maximum Gasteiger partial charge on any atom is 0.311 e. The van der Waals surface area contributed by atoms with Crippen LogP contribution in [0.5, 0.6) is 0 Å². The zero-order chi connectivity index (χ0) is 25.1. The van der Waals surface area contributed by atoms with Crippen LogP contribution in [0.2, 0.25) is 0 Å². The van der Waals surface area contributed by atoms with E-state index < -0.39 is 11.9 Å². The number of imide groups is 1. The summed E-state index contributed by atoms with van der Waals surface area (Å²) in [5.41, 5.74) is 2.01. The summed E-state index contributed by atoms with van der Waals surface area (Å²) in [6, 6.07) is 4.28. The highest BCUT2D eigenvalue weighted by Crippen LogP contribution is 2.43. The lowest BCUT2D eigenvalue weighted by atomic mass is 9.99. The van der Waals surface area contributed by atoms with E-state index in [-0.39, 0.29) is 60.2 Å². The molecule has 36 heavy (non-hydrogen) atoms. The van der Waals surface area contributed by atoms with E-state index in [0.29, 0.717) is 24.2 Å². The number of rotatable bonds is 4. The Labute approximate surface area is 205 Å². The molecule has 3 aliphatic heterocycles. The van der Waals surface area contributed by atoms with Crippen molar-refractivity contribution < 1.29 is 28.7 Å². The molecule has 3 fully saturated rings. The molecule has 6 rings (SSSR count). The van der Waals surface area contributed by atoms with E-state index in [1.165, 1.54) is 22.9 Å². The first-order valence-corrected chi connectivity index (χ1v) is 11.9. The average Bonchev–Trinajstić information content (AvgIpc) is 3.66. The van der Waals surface area contributed by atoms with Crippen LogP contribution in [-0.2, 0) is 25.7 Å². The Morgan fingerprint density at radius 1 is 1.14 bits per heavy atom. The smallest absolute Gasteiger partial charge is 0.311 e. The number of aromatic nitrogens is 3. The molecule has 0 radical (unpaired) electrons. The van der Waals surface area contributed by atoms with Gasteiger partial charge in [-0.2, -0.15) is 0 Å². The Balaban J connectivity index is 1.19. The van der Waals surface area contributed by atoms with Gasteiger partial charge in [0.15, 0.2) is 5.69 Å². The summed E-state index contributed by atoms with van der Waals surface area (Å²) >= 11 is 0.